The maximum absolute atomic E-state index is 5.94. The van der Waals surface area contributed by atoms with Crippen molar-refractivity contribution in [1.82, 2.24) is 9.88 Å². The number of rotatable bonds is 2. The summed E-state index contributed by atoms with van der Waals surface area (Å²) in [5, 5.41) is 0.794. The smallest absolute Gasteiger partial charge is 0.0558 e. The first-order valence-corrected chi connectivity index (χ1v) is 6.02. The van der Waals surface area contributed by atoms with Crippen LogP contribution >= 0.6 is 11.6 Å². The van der Waals surface area contributed by atoms with Gasteiger partial charge in [0.1, 0.15) is 0 Å². The Hall–Kier alpha value is -0.600. The molecule has 1 saturated carbocycles. The van der Waals surface area contributed by atoms with Crippen LogP contribution in [0.2, 0.25) is 5.02 Å². The number of hydrogen-bond donors (Lipinski definition) is 0. The maximum Gasteiger partial charge on any atom is 0.0558 e. The molecule has 1 aliphatic carbocycles. The molecule has 2 heterocycles. The highest BCUT2D eigenvalue weighted by Crippen LogP contribution is 2.40. The van der Waals surface area contributed by atoms with E-state index in [2.05, 4.69) is 9.88 Å². The van der Waals surface area contributed by atoms with Gasteiger partial charge in [0.25, 0.3) is 0 Å². The summed E-state index contributed by atoms with van der Waals surface area (Å²) in [6.45, 7) is 3.49. The van der Waals surface area contributed by atoms with Crippen molar-refractivity contribution in [1.29, 1.82) is 0 Å². The molecule has 3 rings (SSSR count). The van der Waals surface area contributed by atoms with E-state index >= 15 is 0 Å². The SMILES string of the molecule is Clc1ccnc(CN2CC3CCC3C2)c1. The first-order chi connectivity index (χ1) is 7.31. The molecule has 0 bridgehead atoms. The first-order valence-electron chi connectivity index (χ1n) is 5.64. The van der Waals surface area contributed by atoms with Crippen LogP contribution < -0.4 is 0 Å². The molecule has 0 N–H and O–H groups in total. The average molecular weight is 223 g/mol. The van der Waals surface area contributed by atoms with E-state index in [0.717, 1.165) is 29.1 Å². The molecule has 2 aliphatic rings. The molecule has 3 heteroatoms. The van der Waals surface area contributed by atoms with Gasteiger partial charge in [-0.1, -0.05) is 11.6 Å². The van der Waals surface area contributed by atoms with E-state index in [-0.39, 0.29) is 0 Å². The van der Waals surface area contributed by atoms with Crippen LogP contribution in [0.5, 0.6) is 0 Å². The van der Waals surface area contributed by atoms with E-state index in [1.165, 1.54) is 25.9 Å². The maximum atomic E-state index is 5.94. The van der Waals surface area contributed by atoms with Crippen molar-refractivity contribution in [2.24, 2.45) is 11.8 Å². The van der Waals surface area contributed by atoms with E-state index in [4.69, 9.17) is 11.6 Å². The van der Waals surface area contributed by atoms with Gasteiger partial charge in [-0.15, -0.1) is 0 Å². The third-order valence-electron chi connectivity index (χ3n) is 3.72. The Kier molecular flexibility index (Phi) is 2.41. The second-order valence-corrected chi connectivity index (χ2v) is 5.19. The molecule has 2 fully saturated rings. The average Bonchev–Trinajstić information content (AvgIpc) is 2.45. The van der Waals surface area contributed by atoms with Gasteiger partial charge in [-0.05, 0) is 36.8 Å². The Morgan fingerprint density at radius 3 is 2.67 bits per heavy atom. The highest BCUT2D eigenvalue weighted by molar-refractivity contribution is 6.30. The van der Waals surface area contributed by atoms with Crippen molar-refractivity contribution in [3.05, 3.63) is 29.0 Å². The number of likely N-dealkylation sites (tertiary alicyclic amines) is 1. The number of halogens is 1. The summed E-state index contributed by atoms with van der Waals surface area (Å²) in [4.78, 5) is 6.86. The predicted molar refractivity (Wildman–Crippen MR) is 60.7 cm³/mol. The highest BCUT2D eigenvalue weighted by atomic mass is 35.5. The van der Waals surface area contributed by atoms with Gasteiger partial charge in [-0.3, -0.25) is 9.88 Å². The van der Waals surface area contributed by atoms with Crippen molar-refractivity contribution >= 4 is 11.6 Å². The largest absolute Gasteiger partial charge is 0.297 e. The molecule has 2 unspecified atom stereocenters. The summed E-state index contributed by atoms with van der Waals surface area (Å²) in [6, 6.07) is 3.81. The van der Waals surface area contributed by atoms with Crippen LogP contribution in [0.25, 0.3) is 0 Å². The van der Waals surface area contributed by atoms with Crippen LogP contribution in [-0.2, 0) is 6.54 Å². The summed E-state index contributed by atoms with van der Waals surface area (Å²) in [5.41, 5.74) is 1.10. The number of nitrogens with zero attached hydrogens (tertiary/aromatic N) is 2. The zero-order chi connectivity index (χ0) is 10.3. The Labute approximate surface area is 95.3 Å². The molecule has 1 aromatic heterocycles. The number of fused-ring (bicyclic) bond motifs is 1. The van der Waals surface area contributed by atoms with Crippen LogP contribution in [0.15, 0.2) is 18.3 Å². The van der Waals surface area contributed by atoms with Gasteiger partial charge < -0.3 is 0 Å². The molecule has 0 spiro atoms. The summed E-state index contributed by atoms with van der Waals surface area (Å²) < 4.78 is 0. The second kappa shape index (κ2) is 3.76. The minimum atomic E-state index is 0.794. The van der Waals surface area contributed by atoms with Gasteiger partial charge in [0.2, 0.25) is 0 Å². The van der Waals surface area contributed by atoms with Crippen LogP contribution in [-0.4, -0.2) is 23.0 Å². The Balaban J connectivity index is 1.65. The van der Waals surface area contributed by atoms with Crippen molar-refractivity contribution in [2.45, 2.75) is 19.4 Å². The molecule has 80 valence electrons. The molecule has 2 nitrogen and oxygen atoms in total. The van der Waals surface area contributed by atoms with Gasteiger partial charge in [-0.2, -0.15) is 0 Å². The molecule has 1 saturated heterocycles. The van der Waals surface area contributed by atoms with Gasteiger partial charge in [0.05, 0.1) is 5.69 Å². The lowest BCUT2D eigenvalue weighted by Crippen LogP contribution is -2.22. The van der Waals surface area contributed by atoms with Crippen molar-refractivity contribution in [3.8, 4) is 0 Å². The fraction of sp³-hybridized carbons (Fsp3) is 0.583. The second-order valence-electron chi connectivity index (χ2n) is 4.76. The zero-order valence-corrected chi connectivity index (χ0v) is 9.45. The van der Waals surface area contributed by atoms with Crippen molar-refractivity contribution in [3.63, 3.8) is 0 Å². The lowest BCUT2D eigenvalue weighted by molar-refractivity contribution is 0.243. The van der Waals surface area contributed by atoms with Crippen LogP contribution in [0.1, 0.15) is 18.5 Å². The fourth-order valence-corrected chi connectivity index (χ4v) is 2.93. The Morgan fingerprint density at radius 2 is 2.07 bits per heavy atom. The minimum absolute atomic E-state index is 0.794. The fourth-order valence-electron chi connectivity index (χ4n) is 2.75. The van der Waals surface area contributed by atoms with Crippen LogP contribution in [0.3, 0.4) is 0 Å². The molecule has 0 radical (unpaired) electrons. The highest BCUT2D eigenvalue weighted by Gasteiger charge is 2.38. The topological polar surface area (TPSA) is 16.1 Å². The Bertz CT molecular complexity index is 354. The van der Waals surface area contributed by atoms with E-state index in [0.29, 0.717) is 0 Å². The number of pyridine rings is 1. The standard InChI is InChI=1S/C12H15ClN2/c13-11-3-4-14-12(5-11)8-15-6-9-1-2-10(9)7-15/h3-5,9-10H,1-2,6-8H2. The molecular weight excluding hydrogens is 208 g/mol. The third kappa shape index (κ3) is 1.88. The lowest BCUT2D eigenvalue weighted by Gasteiger charge is -2.28. The van der Waals surface area contributed by atoms with Crippen LogP contribution in [0.4, 0.5) is 0 Å². The third-order valence-corrected chi connectivity index (χ3v) is 3.96. The van der Waals surface area contributed by atoms with Crippen molar-refractivity contribution < 1.29 is 0 Å². The predicted octanol–water partition coefficient (Wildman–Crippen LogP) is 2.58. The molecule has 2 atom stereocenters. The van der Waals surface area contributed by atoms with E-state index in [1.807, 2.05) is 12.1 Å². The summed E-state index contributed by atoms with van der Waals surface area (Å²) in [5.74, 6) is 1.95. The monoisotopic (exact) mass is 222 g/mol. The van der Waals surface area contributed by atoms with Gasteiger partial charge in [0.15, 0.2) is 0 Å². The van der Waals surface area contributed by atoms with E-state index in [9.17, 15) is 0 Å². The number of hydrogen-bond acceptors (Lipinski definition) is 2. The van der Waals surface area contributed by atoms with E-state index in [1.54, 1.807) is 6.20 Å². The summed E-state index contributed by atoms with van der Waals surface area (Å²) >= 11 is 5.94. The molecule has 15 heavy (non-hydrogen) atoms. The number of aromatic nitrogens is 1. The quantitative estimate of drug-likeness (QED) is 0.765. The lowest BCUT2D eigenvalue weighted by atomic mass is 9.77. The molecule has 0 aromatic carbocycles. The van der Waals surface area contributed by atoms with E-state index < -0.39 is 0 Å². The Morgan fingerprint density at radius 1 is 1.33 bits per heavy atom. The first kappa shape index (κ1) is 9.61. The molecular formula is C12H15ClN2. The zero-order valence-electron chi connectivity index (χ0n) is 8.69. The van der Waals surface area contributed by atoms with Gasteiger partial charge in [-0.25, -0.2) is 0 Å². The summed E-state index contributed by atoms with van der Waals surface area (Å²) in [7, 11) is 0. The van der Waals surface area contributed by atoms with Gasteiger partial charge in [0, 0.05) is 30.9 Å². The van der Waals surface area contributed by atoms with Crippen molar-refractivity contribution in [2.75, 3.05) is 13.1 Å². The minimum Gasteiger partial charge on any atom is -0.297 e. The van der Waals surface area contributed by atoms with Crippen LogP contribution in [0, 0.1) is 11.8 Å². The summed E-state index contributed by atoms with van der Waals surface area (Å²) in [6.07, 6.45) is 4.66. The molecule has 1 aromatic rings. The normalized spacial score (nSPS) is 29.9. The molecule has 1 aliphatic heterocycles. The molecule has 0 amide bonds. The van der Waals surface area contributed by atoms with Gasteiger partial charge >= 0.3 is 0 Å².